The Morgan fingerprint density at radius 3 is 2.52 bits per heavy atom. The summed E-state index contributed by atoms with van der Waals surface area (Å²) in [5, 5.41) is 10.3. The monoisotopic (exact) mass is 306 g/mol. The fraction of sp³-hybridized carbons (Fsp3) is 0.143. The summed E-state index contributed by atoms with van der Waals surface area (Å²) in [6.45, 7) is 9.49. The molecule has 0 aromatic heterocycles. The van der Waals surface area contributed by atoms with E-state index in [9.17, 15) is 5.11 Å². The van der Waals surface area contributed by atoms with Crippen LogP contribution in [0.4, 0.5) is 0 Å². The van der Waals surface area contributed by atoms with Crippen molar-refractivity contribution in [2.24, 2.45) is 0 Å². The summed E-state index contributed by atoms with van der Waals surface area (Å²) in [5.41, 5.74) is 2.03. The number of ether oxygens (including phenoxy) is 1. The van der Waals surface area contributed by atoms with Crippen LogP contribution in [-0.2, 0) is 0 Å². The van der Waals surface area contributed by atoms with Crippen molar-refractivity contribution in [2.45, 2.75) is 19.3 Å². The zero-order valence-electron chi connectivity index (χ0n) is 13.4. The standard InChI is InChI=1S/C21H22O2/c1-4-10-17(5-2)23-18-13-14-21(22)20(15-18)19(6-3)16-11-8-7-9-12-16/h4-5,7-15,19,22H,1-2,6H2,3H3/b17-10+. The third-order valence-corrected chi connectivity index (χ3v) is 3.70. The van der Waals surface area contributed by atoms with Gasteiger partial charge in [-0.3, -0.25) is 0 Å². The van der Waals surface area contributed by atoms with Crippen molar-refractivity contribution in [3.05, 3.63) is 96.8 Å². The molecule has 23 heavy (non-hydrogen) atoms. The molecule has 0 radical (unpaired) electrons. The number of hydrogen-bond acceptors (Lipinski definition) is 2. The lowest BCUT2D eigenvalue weighted by molar-refractivity contribution is 0.435. The van der Waals surface area contributed by atoms with Crippen LogP contribution in [0.5, 0.6) is 11.5 Å². The number of aromatic hydroxyl groups is 1. The molecular weight excluding hydrogens is 284 g/mol. The highest BCUT2D eigenvalue weighted by atomic mass is 16.5. The first-order valence-electron chi connectivity index (χ1n) is 7.70. The normalized spacial score (nSPS) is 12.5. The average molecular weight is 306 g/mol. The summed E-state index contributed by atoms with van der Waals surface area (Å²) in [6, 6.07) is 15.5. The molecular formula is C21H22O2. The molecule has 2 rings (SSSR count). The Hall–Kier alpha value is -2.74. The van der Waals surface area contributed by atoms with Crippen LogP contribution in [0.3, 0.4) is 0 Å². The minimum Gasteiger partial charge on any atom is -0.508 e. The quantitative estimate of drug-likeness (QED) is 0.535. The van der Waals surface area contributed by atoms with Crippen molar-refractivity contribution >= 4 is 0 Å². The Kier molecular flexibility index (Phi) is 5.81. The van der Waals surface area contributed by atoms with E-state index in [2.05, 4.69) is 32.2 Å². The van der Waals surface area contributed by atoms with Crippen LogP contribution < -0.4 is 4.74 Å². The zero-order chi connectivity index (χ0) is 16.7. The Balaban J connectivity index is 2.38. The summed E-state index contributed by atoms with van der Waals surface area (Å²) in [6.07, 6.45) is 5.91. The van der Waals surface area contributed by atoms with Crippen molar-refractivity contribution in [3.63, 3.8) is 0 Å². The number of benzene rings is 2. The second-order valence-corrected chi connectivity index (χ2v) is 5.20. The molecule has 0 saturated heterocycles. The van der Waals surface area contributed by atoms with E-state index in [1.54, 1.807) is 30.4 Å². The molecule has 0 bridgehead atoms. The van der Waals surface area contributed by atoms with Gasteiger partial charge in [-0.05, 0) is 42.3 Å². The molecule has 1 N–H and O–H groups in total. The van der Waals surface area contributed by atoms with Crippen molar-refractivity contribution in [3.8, 4) is 11.5 Å². The van der Waals surface area contributed by atoms with Gasteiger partial charge in [0.05, 0.1) is 0 Å². The van der Waals surface area contributed by atoms with Crippen molar-refractivity contribution in [1.82, 2.24) is 0 Å². The molecule has 1 atom stereocenters. The molecule has 0 heterocycles. The first kappa shape index (κ1) is 16.6. The maximum Gasteiger partial charge on any atom is 0.127 e. The fourth-order valence-corrected chi connectivity index (χ4v) is 2.59. The summed E-state index contributed by atoms with van der Waals surface area (Å²) in [5.74, 6) is 1.68. The van der Waals surface area contributed by atoms with Gasteiger partial charge in [0.1, 0.15) is 17.3 Å². The van der Waals surface area contributed by atoms with Gasteiger partial charge in [0.25, 0.3) is 0 Å². The highest BCUT2D eigenvalue weighted by molar-refractivity contribution is 5.46. The van der Waals surface area contributed by atoms with Crippen LogP contribution in [0.25, 0.3) is 0 Å². The molecule has 2 aromatic rings. The molecule has 0 amide bonds. The van der Waals surface area contributed by atoms with E-state index in [0.29, 0.717) is 11.5 Å². The van der Waals surface area contributed by atoms with Gasteiger partial charge in [-0.1, -0.05) is 56.5 Å². The Morgan fingerprint density at radius 2 is 1.91 bits per heavy atom. The van der Waals surface area contributed by atoms with Crippen LogP contribution >= 0.6 is 0 Å². The van der Waals surface area contributed by atoms with E-state index in [1.807, 2.05) is 24.3 Å². The van der Waals surface area contributed by atoms with Gasteiger partial charge in [0, 0.05) is 11.5 Å². The third-order valence-electron chi connectivity index (χ3n) is 3.70. The van der Waals surface area contributed by atoms with Crippen LogP contribution in [0.2, 0.25) is 0 Å². The summed E-state index contributed by atoms with van der Waals surface area (Å²) < 4.78 is 5.79. The molecule has 1 unspecified atom stereocenters. The van der Waals surface area contributed by atoms with E-state index in [4.69, 9.17) is 4.74 Å². The molecule has 0 aliphatic rings. The van der Waals surface area contributed by atoms with Gasteiger partial charge < -0.3 is 9.84 Å². The van der Waals surface area contributed by atoms with Gasteiger partial charge in [0.15, 0.2) is 0 Å². The summed E-state index contributed by atoms with van der Waals surface area (Å²) in [4.78, 5) is 0. The SMILES string of the molecule is C=C/C=C(\C=C)Oc1ccc(O)c(C(CC)c2ccccc2)c1. The van der Waals surface area contributed by atoms with Crippen LogP contribution in [0.1, 0.15) is 30.4 Å². The van der Waals surface area contributed by atoms with Crippen molar-refractivity contribution < 1.29 is 9.84 Å². The average Bonchev–Trinajstić information content (AvgIpc) is 2.58. The first-order chi connectivity index (χ1) is 11.2. The maximum absolute atomic E-state index is 10.3. The third kappa shape index (κ3) is 4.13. The van der Waals surface area contributed by atoms with Crippen LogP contribution in [0, 0.1) is 0 Å². The van der Waals surface area contributed by atoms with Gasteiger partial charge >= 0.3 is 0 Å². The predicted molar refractivity (Wildman–Crippen MR) is 95.8 cm³/mol. The Morgan fingerprint density at radius 1 is 1.17 bits per heavy atom. The van der Waals surface area contributed by atoms with Gasteiger partial charge in [0.2, 0.25) is 0 Å². The topological polar surface area (TPSA) is 29.5 Å². The number of phenolic OH excluding ortho intramolecular Hbond substituents is 1. The second kappa shape index (κ2) is 8.04. The van der Waals surface area contributed by atoms with E-state index in [0.717, 1.165) is 12.0 Å². The minimum absolute atomic E-state index is 0.121. The second-order valence-electron chi connectivity index (χ2n) is 5.20. The number of allylic oxidation sites excluding steroid dienone is 3. The molecule has 0 aliphatic carbocycles. The molecule has 2 heteroatoms. The number of hydrogen-bond donors (Lipinski definition) is 1. The summed E-state index contributed by atoms with van der Waals surface area (Å²) in [7, 11) is 0. The lowest BCUT2D eigenvalue weighted by atomic mass is 9.88. The molecule has 0 spiro atoms. The predicted octanol–water partition coefficient (Wildman–Crippen LogP) is 5.57. The van der Waals surface area contributed by atoms with Crippen molar-refractivity contribution in [2.75, 3.05) is 0 Å². The molecule has 0 fully saturated rings. The maximum atomic E-state index is 10.3. The number of rotatable bonds is 7. The zero-order valence-corrected chi connectivity index (χ0v) is 13.4. The van der Waals surface area contributed by atoms with E-state index >= 15 is 0 Å². The fourth-order valence-electron chi connectivity index (χ4n) is 2.59. The van der Waals surface area contributed by atoms with Crippen molar-refractivity contribution in [1.29, 1.82) is 0 Å². The Bertz CT molecular complexity index is 699. The lowest BCUT2D eigenvalue weighted by Crippen LogP contribution is -2.01. The van der Waals surface area contributed by atoms with Crippen LogP contribution in [0.15, 0.2) is 85.7 Å². The highest BCUT2D eigenvalue weighted by Crippen LogP contribution is 2.36. The summed E-state index contributed by atoms with van der Waals surface area (Å²) >= 11 is 0. The molecule has 0 saturated carbocycles. The minimum atomic E-state index is 0.121. The number of phenols is 1. The smallest absolute Gasteiger partial charge is 0.127 e. The molecule has 2 aromatic carbocycles. The van der Waals surface area contributed by atoms with E-state index in [-0.39, 0.29) is 11.7 Å². The Labute approximate surface area is 138 Å². The highest BCUT2D eigenvalue weighted by Gasteiger charge is 2.17. The lowest BCUT2D eigenvalue weighted by Gasteiger charge is -2.18. The molecule has 118 valence electrons. The molecule has 2 nitrogen and oxygen atoms in total. The van der Waals surface area contributed by atoms with Gasteiger partial charge in [-0.15, -0.1) is 0 Å². The van der Waals surface area contributed by atoms with Crippen LogP contribution in [-0.4, -0.2) is 5.11 Å². The first-order valence-corrected chi connectivity index (χ1v) is 7.70. The van der Waals surface area contributed by atoms with Gasteiger partial charge in [-0.25, -0.2) is 0 Å². The largest absolute Gasteiger partial charge is 0.508 e. The van der Waals surface area contributed by atoms with Gasteiger partial charge in [-0.2, -0.15) is 0 Å². The van der Waals surface area contributed by atoms with E-state index < -0.39 is 0 Å². The van der Waals surface area contributed by atoms with E-state index in [1.165, 1.54) is 5.56 Å². The molecule has 0 aliphatic heterocycles.